The van der Waals surface area contributed by atoms with Gasteiger partial charge in [0.1, 0.15) is 17.2 Å². The molecule has 1 aliphatic heterocycles. The van der Waals surface area contributed by atoms with Crippen LogP contribution in [0.25, 0.3) is 6.08 Å². The van der Waals surface area contributed by atoms with E-state index in [1.165, 1.54) is 32.4 Å². The Kier molecular flexibility index (Phi) is 7.51. The zero-order valence-corrected chi connectivity index (χ0v) is 23.3. The summed E-state index contributed by atoms with van der Waals surface area (Å²) in [4.78, 5) is 13.8. The first-order valence-electron chi connectivity index (χ1n) is 10.1. The van der Waals surface area contributed by atoms with Gasteiger partial charge in [0.2, 0.25) is 0 Å². The van der Waals surface area contributed by atoms with Gasteiger partial charge in [-0.25, -0.2) is 8.42 Å². The van der Waals surface area contributed by atoms with Crippen molar-refractivity contribution in [1.29, 1.82) is 0 Å². The maximum absolute atomic E-state index is 13.2. The van der Waals surface area contributed by atoms with Crippen LogP contribution in [0, 0.1) is 0 Å². The number of thioether (sulfide) groups is 1. The number of carbonyl (C=O) groups excluding carboxylic acids is 1. The Balaban J connectivity index is 1.71. The van der Waals surface area contributed by atoms with Gasteiger partial charge in [-0.05, 0) is 42.0 Å². The fraction of sp³-hybridized carbons (Fsp3) is 0.125. The van der Waals surface area contributed by atoms with Crippen molar-refractivity contribution in [2.45, 2.75) is 15.5 Å². The molecule has 0 spiro atoms. The number of halogens is 2. The van der Waals surface area contributed by atoms with Crippen molar-refractivity contribution >= 4 is 71.1 Å². The SMILES string of the molecule is COc1cc(O)cc(OC)c1/C=C1/Sc2cc(S(=O)(=O)Cc3c(Br)cccc3Br)ccc2NC1=O. The minimum Gasteiger partial charge on any atom is -0.508 e. The second-order valence-electron chi connectivity index (χ2n) is 7.45. The number of hydrogen-bond acceptors (Lipinski definition) is 7. The van der Waals surface area contributed by atoms with Crippen LogP contribution in [0.5, 0.6) is 17.2 Å². The maximum Gasteiger partial charge on any atom is 0.262 e. The molecular weight excluding hydrogens is 622 g/mol. The number of methoxy groups -OCH3 is 2. The highest BCUT2D eigenvalue weighted by atomic mass is 79.9. The van der Waals surface area contributed by atoms with Crippen molar-refractivity contribution < 1.29 is 27.8 Å². The Hall–Kier alpha value is -2.47. The maximum atomic E-state index is 13.2. The number of carbonyl (C=O) groups is 1. The summed E-state index contributed by atoms with van der Waals surface area (Å²) >= 11 is 7.97. The Morgan fingerprint density at radius 2 is 1.66 bits per heavy atom. The largest absolute Gasteiger partial charge is 0.508 e. The van der Waals surface area contributed by atoms with Gasteiger partial charge < -0.3 is 19.9 Å². The van der Waals surface area contributed by atoms with E-state index >= 15 is 0 Å². The summed E-state index contributed by atoms with van der Waals surface area (Å²) in [6, 6.07) is 12.8. The fourth-order valence-electron chi connectivity index (χ4n) is 3.47. The quantitative estimate of drug-likeness (QED) is 0.319. The number of phenolic OH excluding ortho intramolecular Hbond substituents is 1. The molecule has 0 saturated heterocycles. The molecule has 0 radical (unpaired) electrons. The van der Waals surface area contributed by atoms with Crippen LogP contribution in [0.3, 0.4) is 0 Å². The third-order valence-electron chi connectivity index (χ3n) is 5.20. The van der Waals surface area contributed by atoms with Crippen LogP contribution in [0.15, 0.2) is 72.2 Å². The summed E-state index contributed by atoms with van der Waals surface area (Å²) in [5, 5.41) is 12.7. The van der Waals surface area contributed by atoms with E-state index in [2.05, 4.69) is 37.2 Å². The summed E-state index contributed by atoms with van der Waals surface area (Å²) in [5.41, 5.74) is 1.61. The number of aromatic hydroxyl groups is 1. The molecule has 3 aromatic carbocycles. The number of amides is 1. The molecule has 0 unspecified atom stereocenters. The highest BCUT2D eigenvalue weighted by Gasteiger charge is 2.26. The van der Waals surface area contributed by atoms with Crippen LogP contribution in [-0.4, -0.2) is 33.7 Å². The third-order valence-corrected chi connectivity index (χ3v) is 9.41. The molecule has 2 N–H and O–H groups in total. The number of rotatable bonds is 6. The number of nitrogens with one attached hydrogen (secondary N) is 1. The molecule has 0 saturated carbocycles. The smallest absolute Gasteiger partial charge is 0.262 e. The number of benzene rings is 3. The van der Waals surface area contributed by atoms with Crippen LogP contribution in [0.4, 0.5) is 5.69 Å². The van der Waals surface area contributed by atoms with E-state index in [0.717, 1.165) is 11.8 Å². The summed E-state index contributed by atoms with van der Waals surface area (Å²) in [6.45, 7) is 0. The van der Waals surface area contributed by atoms with Crippen molar-refractivity contribution in [3.05, 3.63) is 73.5 Å². The summed E-state index contributed by atoms with van der Waals surface area (Å²) in [6.07, 6.45) is 1.58. The second-order valence-corrected chi connectivity index (χ2v) is 12.2. The first-order chi connectivity index (χ1) is 16.6. The predicted octanol–water partition coefficient (Wildman–Crippen LogP) is 5.99. The molecule has 0 fully saturated rings. The molecule has 182 valence electrons. The standard InChI is InChI=1S/C24H19Br2NO6S2/c1-32-20-8-13(28)9-21(33-2)15(20)11-23-24(29)27-19-7-6-14(10-22(19)34-23)35(30,31)12-16-17(25)4-3-5-18(16)26/h3-11,28H,12H2,1-2H3,(H,27,29)/b23-11+. The Labute approximate surface area is 223 Å². The lowest BCUT2D eigenvalue weighted by atomic mass is 10.1. The molecule has 11 heteroatoms. The zero-order valence-electron chi connectivity index (χ0n) is 18.5. The molecular formula is C24H19Br2NO6S2. The van der Waals surface area contributed by atoms with Crippen molar-refractivity contribution in [3.63, 3.8) is 0 Å². The van der Waals surface area contributed by atoms with Crippen molar-refractivity contribution in [2.24, 2.45) is 0 Å². The molecule has 1 amide bonds. The molecule has 1 heterocycles. The summed E-state index contributed by atoms with van der Waals surface area (Å²) < 4.78 is 38.5. The van der Waals surface area contributed by atoms with Gasteiger partial charge in [-0.2, -0.15) is 0 Å². The van der Waals surface area contributed by atoms with Gasteiger partial charge in [0.05, 0.1) is 41.0 Å². The molecule has 1 aliphatic rings. The lowest BCUT2D eigenvalue weighted by Crippen LogP contribution is -2.18. The zero-order chi connectivity index (χ0) is 25.3. The van der Waals surface area contributed by atoms with Crippen molar-refractivity contribution in [3.8, 4) is 17.2 Å². The second kappa shape index (κ2) is 10.3. The van der Waals surface area contributed by atoms with Crippen LogP contribution >= 0.6 is 43.6 Å². The Morgan fingerprint density at radius 1 is 1.03 bits per heavy atom. The average Bonchev–Trinajstić information content (AvgIpc) is 2.82. The van der Waals surface area contributed by atoms with Gasteiger partial charge in [0.15, 0.2) is 9.84 Å². The lowest BCUT2D eigenvalue weighted by Gasteiger charge is -2.20. The molecule has 4 rings (SSSR count). The van der Waals surface area contributed by atoms with E-state index in [0.29, 0.717) is 47.1 Å². The number of fused-ring (bicyclic) bond motifs is 1. The predicted molar refractivity (Wildman–Crippen MR) is 143 cm³/mol. The van der Waals surface area contributed by atoms with Gasteiger partial charge in [-0.15, -0.1) is 0 Å². The average molecular weight is 641 g/mol. The summed E-state index contributed by atoms with van der Waals surface area (Å²) in [5.74, 6) is 0.0498. The minimum atomic E-state index is -3.68. The van der Waals surface area contributed by atoms with Gasteiger partial charge in [-0.1, -0.05) is 49.7 Å². The van der Waals surface area contributed by atoms with E-state index in [9.17, 15) is 18.3 Å². The van der Waals surface area contributed by atoms with E-state index in [1.807, 2.05) is 6.07 Å². The number of phenols is 1. The summed E-state index contributed by atoms with van der Waals surface area (Å²) in [7, 11) is -0.792. The van der Waals surface area contributed by atoms with Gasteiger partial charge in [0.25, 0.3) is 5.91 Å². The number of ether oxygens (including phenoxy) is 2. The van der Waals surface area contributed by atoms with E-state index in [-0.39, 0.29) is 22.3 Å². The van der Waals surface area contributed by atoms with Crippen molar-refractivity contribution in [1.82, 2.24) is 0 Å². The molecule has 7 nitrogen and oxygen atoms in total. The number of sulfone groups is 1. The highest BCUT2D eigenvalue weighted by Crippen LogP contribution is 2.43. The molecule has 0 atom stereocenters. The molecule has 3 aromatic rings. The highest BCUT2D eigenvalue weighted by molar-refractivity contribution is 9.11. The molecule has 0 aliphatic carbocycles. The Morgan fingerprint density at radius 3 is 2.26 bits per heavy atom. The van der Waals surface area contributed by atoms with Crippen LogP contribution in [0.2, 0.25) is 0 Å². The van der Waals surface area contributed by atoms with E-state index < -0.39 is 9.84 Å². The van der Waals surface area contributed by atoms with Crippen LogP contribution in [-0.2, 0) is 20.4 Å². The topological polar surface area (TPSA) is 102 Å². The van der Waals surface area contributed by atoms with Crippen molar-refractivity contribution in [2.75, 3.05) is 19.5 Å². The Bertz CT molecular complexity index is 1430. The van der Waals surface area contributed by atoms with E-state index in [4.69, 9.17) is 9.47 Å². The monoisotopic (exact) mass is 639 g/mol. The molecule has 0 bridgehead atoms. The minimum absolute atomic E-state index is 0.0431. The van der Waals surface area contributed by atoms with Gasteiger partial charge >= 0.3 is 0 Å². The fourth-order valence-corrected chi connectivity index (χ4v) is 7.60. The first-order valence-corrected chi connectivity index (χ1v) is 14.1. The first kappa shape index (κ1) is 25.6. The normalized spacial score (nSPS) is 14.4. The molecule has 35 heavy (non-hydrogen) atoms. The number of anilines is 1. The van der Waals surface area contributed by atoms with Crippen LogP contribution < -0.4 is 14.8 Å². The molecule has 0 aromatic heterocycles. The van der Waals surface area contributed by atoms with Gasteiger partial charge in [-0.3, -0.25) is 4.79 Å². The van der Waals surface area contributed by atoms with E-state index in [1.54, 1.807) is 30.3 Å². The number of hydrogen-bond donors (Lipinski definition) is 2. The third kappa shape index (κ3) is 5.37. The van der Waals surface area contributed by atoms with Crippen LogP contribution in [0.1, 0.15) is 11.1 Å². The van der Waals surface area contributed by atoms with Gasteiger partial charge in [0, 0.05) is 26.0 Å². The lowest BCUT2D eigenvalue weighted by molar-refractivity contribution is -0.112.